The Labute approximate surface area is 154 Å². The number of hydrogen-bond donors (Lipinski definition) is 1. The predicted molar refractivity (Wildman–Crippen MR) is 101 cm³/mol. The number of aromatic hydroxyl groups is 1. The summed E-state index contributed by atoms with van der Waals surface area (Å²) in [5, 5.41) is 10.5. The summed E-state index contributed by atoms with van der Waals surface area (Å²) >= 11 is 1.38. The third kappa shape index (κ3) is 3.52. The Morgan fingerprint density at radius 1 is 1.35 bits per heavy atom. The van der Waals surface area contributed by atoms with Gasteiger partial charge in [-0.3, -0.25) is 0 Å². The maximum atomic E-state index is 12.2. The van der Waals surface area contributed by atoms with E-state index in [9.17, 15) is 9.90 Å². The quantitative estimate of drug-likeness (QED) is 0.522. The normalized spacial score (nSPS) is 11.2. The number of carbonyl (C=O) groups excluding carboxylic acids is 1. The minimum absolute atomic E-state index is 0.197. The lowest BCUT2D eigenvalue weighted by atomic mass is 10.1. The number of thiophene rings is 1. The van der Waals surface area contributed by atoms with Crippen molar-refractivity contribution in [2.45, 2.75) is 20.8 Å². The van der Waals surface area contributed by atoms with Crippen molar-refractivity contribution in [3.8, 4) is 17.4 Å². The maximum Gasteiger partial charge on any atom is 0.341 e. The predicted octanol–water partition coefficient (Wildman–Crippen LogP) is 4.65. The largest absolute Gasteiger partial charge is 0.479 e. The van der Waals surface area contributed by atoms with Gasteiger partial charge in [0.15, 0.2) is 5.69 Å². The Hall–Kier alpha value is -2.93. The van der Waals surface area contributed by atoms with E-state index in [1.54, 1.807) is 6.92 Å². The van der Waals surface area contributed by atoms with Crippen molar-refractivity contribution in [3.63, 3.8) is 0 Å². The van der Waals surface area contributed by atoms with Crippen LogP contribution in [-0.2, 0) is 4.74 Å². The Morgan fingerprint density at radius 3 is 2.77 bits per heavy atom. The SMILES string of the molecule is CCOC(=O)c1c(/N=C/c2nc(-c3ccccc3)oc2O)sc(C)c1C. The molecule has 0 saturated heterocycles. The molecule has 3 aromatic rings. The molecule has 134 valence electrons. The monoisotopic (exact) mass is 370 g/mol. The minimum Gasteiger partial charge on any atom is -0.479 e. The van der Waals surface area contributed by atoms with E-state index in [4.69, 9.17) is 9.15 Å². The van der Waals surface area contributed by atoms with E-state index in [1.165, 1.54) is 17.6 Å². The molecule has 0 aliphatic carbocycles. The molecule has 3 rings (SSSR count). The highest BCUT2D eigenvalue weighted by atomic mass is 32.1. The highest BCUT2D eigenvalue weighted by Crippen LogP contribution is 2.35. The molecule has 0 spiro atoms. The van der Waals surface area contributed by atoms with Crippen LogP contribution in [0.25, 0.3) is 11.5 Å². The molecule has 7 heteroatoms. The summed E-state index contributed by atoms with van der Waals surface area (Å²) in [5.41, 5.74) is 2.23. The Bertz CT molecular complexity index is 958. The highest BCUT2D eigenvalue weighted by Gasteiger charge is 2.20. The van der Waals surface area contributed by atoms with Crippen LogP contribution in [0.1, 0.15) is 33.4 Å². The van der Waals surface area contributed by atoms with Crippen molar-refractivity contribution in [3.05, 3.63) is 52.0 Å². The van der Waals surface area contributed by atoms with Crippen molar-refractivity contribution in [2.75, 3.05) is 6.61 Å². The summed E-state index contributed by atoms with van der Waals surface area (Å²) in [6, 6.07) is 9.25. The molecular formula is C19H18N2O4S. The first-order valence-electron chi connectivity index (χ1n) is 8.07. The zero-order chi connectivity index (χ0) is 18.7. The van der Waals surface area contributed by atoms with Gasteiger partial charge >= 0.3 is 11.9 Å². The first-order chi connectivity index (χ1) is 12.5. The number of hydrogen-bond acceptors (Lipinski definition) is 7. The van der Waals surface area contributed by atoms with Gasteiger partial charge in [-0.1, -0.05) is 18.2 Å². The molecule has 0 unspecified atom stereocenters. The molecule has 0 radical (unpaired) electrons. The summed E-state index contributed by atoms with van der Waals surface area (Å²) in [6.07, 6.45) is 1.39. The third-order valence-corrected chi connectivity index (χ3v) is 4.92. The van der Waals surface area contributed by atoms with Gasteiger partial charge in [-0.25, -0.2) is 14.8 Å². The van der Waals surface area contributed by atoms with Crippen molar-refractivity contribution in [1.29, 1.82) is 0 Å². The summed E-state index contributed by atoms with van der Waals surface area (Å²) in [4.78, 5) is 21.8. The summed E-state index contributed by atoms with van der Waals surface area (Å²) in [5.74, 6) is -0.431. The number of esters is 1. The van der Waals surface area contributed by atoms with E-state index >= 15 is 0 Å². The highest BCUT2D eigenvalue weighted by molar-refractivity contribution is 7.16. The molecule has 0 aliphatic heterocycles. The lowest BCUT2D eigenvalue weighted by Gasteiger charge is -2.02. The summed E-state index contributed by atoms with van der Waals surface area (Å²) in [7, 11) is 0. The second-order valence-corrected chi connectivity index (χ2v) is 6.72. The average Bonchev–Trinajstić information content (AvgIpc) is 3.14. The zero-order valence-electron chi connectivity index (χ0n) is 14.6. The molecule has 26 heavy (non-hydrogen) atoms. The Balaban J connectivity index is 1.93. The van der Waals surface area contributed by atoms with Gasteiger partial charge in [-0.05, 0) is 38.5 Å². The first kappa shape index (κ1) is 17.9. The molecule has 0 atom stereocenters. The maximum absolute atomic E-state index is 12.2. The van der Waals surface area contributed by atoms with Crippen molar-refractivity contribution < 1.29 is 19.1 Å². The molecule has 0 bridgehead atoms. The van der Waals surface area contributed by atoms with Crippen molar-refractivity contribution >= 4 is 28.5 Å². The molecule has 0 saturated carbocycles. The average molecular weight is 370 g/mol. The topological polar surface area (TPSA) is 84.9 Å². The van der Waals surface area contributed by atoms with Gasteiger partial charge in [0, 0.05) is 10.4 Å². The van der Waals surface area contributed by atoms with Crippen LogP contribution in [0.3, 0.4) is 0 Å². The second kappa shape index (κ2) is 7.53. The number of rotatable bonds is 5. The van der Waals surface area contributed by atoms with Crippen LogP contribution in [0.2, 0.25) is 0 Å². The molecule has 2 aromatic heterocycles. The van der Waals surface area contributed by atoms with Gasteiger partial charge < -0.3 is 14.3 Å². The van der Waals surface area contributed by atoms with Crippen LogP contribution in [0, 0.1) is 13.8 Å². The van der Waals surface area contributed by atoms with Gasteiger partial charge in [0.2, 0.25) is 5.89 Å². The Morgan fingerprint density at radius 2 is 2.08 bits per heavy atom. The number of aromatic nitrogens is 1. The minimum atomic E-state index is -0.407. The van der Waals surface area contributed by atoms with Crippen LogP contribution in [0.4, 0.5) is 5.00 Å². The van der Waals surface area contributed by atoms with Gasteiger partial charge in [0.05, 0.1) is 18.4 Å². The second-order valence-electron chi connectivity index (χ2n) is 5.52. The van der Waals surface area contributed by atoms with Crippen LogP contribution in [0.15, 0.2) is 39.7 Å². The number of benzene rings is 1. The zero-order valence-corrected chi connectivity index (χ0v) is 15.5. The standard InChI is InChI=1S/C19H18N2O4S/c1-4-24-19(23)15-11(2)12(3)26-17(15)20-10-14-18(22)25-16(21-14)13-8-6-5-7-9-13/h5-10,22H,4H2,1-3H3/b20-10+. The fourth-order valence-electron chi connectivity index (χ4n) is 2.38. The summed E-state index contributed by atoms with van der Waals surface area (Å²) in [6.45, 7) is 5.83. The molecule has 6 nitrogen and oxygen atoms in total. The van der Waals surface area contributed by atoms with Crippen LogP contribution >= 0.6 is 11.3 Å². The smallest absolute Gasteiger partial charge is 0.341 e. The fourth-order valence-corrected chi connectivity index (χ4v) is 3.36. The molecule has 2 heterocycles. The van der Waals surface area contributed by atoms with Gasteiger partial charge in [-0.2, -0.15) is 0 Å². The van der Waals surface area contributed by atoms with Crippen LogP contribution in [0.5, 0.6) is 5.95 Å². The van der Waals surface area contributed by atoms with Gasteiger partial charge in [-0.15, -0.1) is 11.3 Å². The Kier molecular flexibility index (Phi) is 5.18. The number of oxazole rings is 1. The number of carbonyl (C=O) groups is 1. The van der Waals surface area contributed by atoms with E-state index in [-0.39, 0.29) is 11.6 Å². The number of aliphatic imine (C=N–C) groups is 1. The lowest BCUT2D eigenvalue weighted by Crippen LogP contribution is -2.05. The van der Waals surface area contributed by atoms with Gasteiger partial charge in [0.25, 0.3) is 0 Å². The molecule has 0 amide bonds. The van der Waals surface area contributed by atoms with Gasteiger partial charge in [0.1, 0.15) is 5.00 Å². The number of ether oxygens (including phenoxy) is 1. The number of aryl methyl sites for hydroxylation is 1. The molecule has 0 fully saturated rings. The molecule has 0 aliphatic rings. The van der Waals surface area contributed by atoms with Crippen molar-refractivity contribution in [1.82, 2.24) is 4.98 Å². The van der Waals surface area contributed by atoms with E-state index in [0.29, 0.717) is 23.1 Å². The van der Waals surface area contributed by atoms with Crippen molar-refractivity contribution in [2.24, 2.45) is 4.99 Å². The lowest BCUT2D eigenvalue weighted by molar-refractivity contribution is 0.0527. The number of nitrogens with zero attached hydrogens (tertiary/aromatic N) is 2. The fraction of sp³-hybridized carbons (Fsp3) is 0.211. The van der Waals surface area contributed by atoms with E-state index in [1.807, 2.05) is 44.2 Å². The molecule has 1 aromatic carbocycles. The van der Waals surface area contributed by atoms with E-state index < -0.39 is 5.97 Å². The first-order valence-corrected chi connectivity index (χ1v) is 8.89. The third-order valence-electron chi connectivity index (χ3n) is 3.81. The molecular weight excluding hydrogens is 352 g/mol. The summed E-state index contributed by atoms with van der Waals surface area (Å²) < 4.78 is 10.4. The van der Waals surface area contributed by atoms with E-state index in [0.717, 1.165) is 16.0 Å². The molecule has 1 N–H and O–H groups in total. The van der Waals surface area contributed by atoms with Crippen LogP contribution < -0.4 is 0 Å². The van der Waals surface area contributed by atoms with E-state index in [2.05, 4.69) is 9.98 Å². The van der Waals surface area contributed by atoms with Crippen LogP contribution in [-0.4, -0.2) is 28.9 Å².